The second-order valence-electron chi connectivity index (χ2n) is 5.04. The Morgan fingerprint density at radius 3 is 2.96 bits per heavy atom. The zero-order valence-corrected chi connectivity index (χ0v) is 15.0. The van der Waals surface area contributed by atoms with Gasteiger partial charge in [0, 0.05) is 23.3 Å². The van der Waals surface area contributed by atoms with Gasteiger partial charge < -0.3 is 4.57 Å². The number of thiazole rings is 1. The van der Waals surface area contributed by atoms with Gasteiger partial charge in [0.25, 0.3) is 5.91 Å². The summed E-state index contributed by atoms with van der Waals surface area (Å²) in [5.41, 5.74) is 2.12. The van der Waals surface area contributed by atoms with Crippen molar-refractivity contribution in [3.63, 3.8) is 0 Å². The third-order valence-electron chi connectivity index (χ3n) is 3.31. The molecule has 0 atom stereocenters. The summed E-state index contributed by atoms with van der Waals surface area (Å²) in [4.78, 5) is 17.3. The van der Waals surface area contributed by atoms with Crippen molar-refractivity contribution in [2.45, 2.75) is 13.5 Å². The molecule has 116 valence electrons. The molecule has 3 rings (SSSR count). The lowest BCUT2D eigenvalue weighted by Gasteiger charge is -1.99. The number of nitrogens with zero attached hydrogens (tertiary/aromatic N) is 4. The number of carbonyl (C=O) groups is 1. The fourth-order valence-electron chi connectivity index (χ4n) is 2.33. The summed E-state index contributed by atoms with van der Waals surface area (Å²) in [5, 5.41) is 4.17. The predicted octanol–water partition coefficient (Wildman–Crippen LogP) is 2.88. The largest absolute Gasteiger partial charge is 0.305 e. The van der Waals surface area contributed by atoms with Gasteiger partial charge >= 0.3 is 0 Å². The van der Waals surface area contributed by atoms with Crippen molar-refractivity contribution >= 4 is 43.4 Å². The molecule has 23 heavy (non-hydrogen) atoms. The number of amides is 1. The molecule has 3 aromatic rings. The van der Waals surface area contributed by atoms with E-state index in [1.165, 1.54) is 11.3 Å². The number of terminal acetylenes is 1. The summed E-state index contributed by atoms with van der Waals surface area (Å²) in [7, 11) is 1.78. The van der Waals surface area contributed by atoms with Crippen LogP contribution < -0.4 is 4.80 Å². The Labute approximate surface area is 145 Å². The first-order valence-corrected chi connectivity index (χ1v) is 8.42. The van der Waals surface area contributed by atoms with Crippen molar-refractivity contribution in [3.05, 3.63) is 44.9 Å². The van der Waals surface area contributed by atoms with Crippen LogP contribution in [0.1, 0.15) is 16.1 Å². The Kier molecular flexibility index (Phi) is 4.20. The fourth-order valence-corrected chi connectivity index (χ4v) is 3.91. The molecule has 0 spiro atoms. The van der Waals surface area contributed by atoms with Gasteiger partial charge in [-0.3, -0.25) is 9.48 Å². The molecule has 0 unspecified atom stereocenters. The van der Waals surface area contributed by atoms with Crippen molar-refractivity contribution in [2.24, 2.45) is 12.0 Å². The van der Waals surface area contributed by atoms with Gasteiger partial charge in [0.1, 0.15) is 0 Å². The Bertz CT molecular complexity index is 1020. The molecule has 0 fully saturated rings. The van der Waals surface area contributed by atoms with E-state index in [-0.39, 0.29) is 5.91 Å². The van der Waals surface area contributed by atoms with Crippen LogP contribution in [0.2, 0.25) is 0 Å². The number of rotatable bonds is 2. The molecule has 2 heterocycles. The van der Waals surface area contributed by atoms with Crippen LogP contribution in [0.15, 0.2) is 33.9 Å². The Balaban J connectivity index is 2.18. The highest BCUT2D eigenvalue weighted by Crippen LogP contribution is 2.22. The van der Waals surface area contributed by atoms with Crippen LogP contribution in [0, 0.1) is 19.3 Å². The minimum Gasteiger partial charge on any atom is -0.305 e. The SMILES string of the molecule is C#CCn1c(=NC(=O)c2nn(C)cc2C)sc2cc(Br)ccc21. The zero-order chi connectivity index (χ0) is 16.6. The topological polar surface area (TPSA) is 52.2 Å². The van der Waals surface area contributed by atoms with Crippen LogP contribution >= 0.6 is 27.3 Å². The molecule has 0 N–H and O–H groups in total. The van der Waals surface area contributed by atoms with Crippen molar-refractivity contribution in [1.82, 2.24) is 14.3 Å². The molecule has 0 aliphatic heterocycles. The van der Waals surface area contributed by atoms with Crippen molar-refractivity contribution in [1.29, 1.82) is 0 Å². The number of carbonyl (C=O) groups excluding carboxylic acids is 1. The number of hydrogen-bond donors (Lipinski definition) is 0. The van der Waals surface area contributed by atoms with Crippen LogP contribution in [0.4, 0.5) is 0 Å². The van der Waals surface area contributed by atoms with Gasteiger partial charge in [-0.05, 0) is 25.1 Å². The first kappa shape index (κ1) is 15.7. The average molecular weight is 389 g/mol. The number of fused-ring (bicyclic) bond motifs is 1. The van der Waals surface area contributed by atoms with Crippen LogP contribution in [-0.2, 0) is 13.6 Å². The Morgan fingerprint density at radius 2 is 2.30 bits per heavy atom. The maximum atomic E-state index is 12.4. The van der Waals surface area contributed by atoms with E-state index in [0.29, 0.717) is 17.0 Å². The highest BCUT2D eigenvalue weighted by atomic mass is 79.9. The van der Waals surface area contributed by atoms with E-state index < -0.39 is 0 Å². The zero-order valence-electron chi connectivity index (χ0n) is 12.6. The number of hydrogen-bond acceptors (Lipinski definition) is 3. The number of halogens is 1. The lowest BCUT2D eigenvalue weighted by atomic mass is 10.3. The smallest absolute Gasteiger partial charge is 0.300 e. The van der Waals surface area contributed by atoms with E-state index in [4.69, 9.17) is 6.42 Å². The lowest BCUT2D eigenvalue weighted by Crippen LogP contribution is -2.17. The maximum absolute atomic E-state index is 12.4. The van der Waals surface area contributed by atoms with Crippen molar-refractivity contribution in [3.8, 4) is 12.3 Å². The highest BCUT2D eigenvalue weighted by Gasteiger charge is 2.14. The normalized spacial score (nSPS) is 11.8. The van der Waals surface area contributed by atoms with Crippen LogP contribution in [0.5, 0.6) is 0 Å². The highest BCUT2D eigenvalue weighted by molar-refractivity contribution is 9.10. The molecule has 1 amide bonds. The summed E-state index contributed by atoms with van der Waals surface area (Å²) in [5.74, 6) is 2.25. The first-order valence-electron chi connectivity index (χ1n) is 6.81. The molecule has 5 nitrogen and oxygen atoms in total. The third-order valence-corrected chi connectivity index (χ3v) is 4.84. The predicted molar refractivity (Wildman–Crippen MR) is 94.2 cm³/mol. The van der Waals surface area contributed by atoms with Crippen molar-refractivity contribution < 1.29 is 4.79 Å². The summed E-state index contributed by atoms with van der Waals surface area (Å²) < 4.78 is 5.45. The summed E-state index contributed by atoms with van der Waals surface area (Å²) >= 11 is 4.88. The Hall–Kier alpha value is -2.17. The minimum atomic E-state index is -0.362. The molecule has 0 bridgehead atoms. The summed E-state index contributed by atoms with van der Waals surface area (Å²) in [6, 6.07) is 5.89. The second-order valence-corrected chi connectivity index (χ2v) is 6.96. The van der Waals surface area contributed by atoms with Gasteiger partial charge in [0.15, 0.2) is 10.5 Å². The minimum absolute atomic E-state index is 0.356. The summed E-state index contributed by atoms with van der Waals surface area (Å²) in [6.07, 6.45) is 7.25. The van der Waals surface area contributed by atoms with Crippen LogP contribution in [-0.4, -0.2) is 20.3 Å². The van der Waals surface area contributed by atoms with Gasteiger partial charge in [-0.2, -0.15) is 10.1 Å². The van der Waals surface area contributed by atoms with E-state index in [0.717, 1.165) is 20.3 Å². The monoisotopic (exact) mass is 388 g/mol. The molecule has 0 aliphatic carbocycles. The second kappa shape index (κ2) is 6.14. The quantitative estimate of drug-likeness (QED) is 0.633. The molecular formula is C16H13BrN4OS. The number of benzene rings is 1. The number of aromatic nitrogens is 3. The van der Waals surface area contributed by atoms with Gasteiger partial charge in [0.05, 0.1) is 16.8 Å². The van der Waals surface area contributed by atoms with Gasteiger partial charge in [-0.15, -0.1) is 6.42 Å². The van der Waals surface area contributed by atoms with E-state index in [9.17, 15) is 4.79 Å². The van der Waals surface area contributed by atoms with Gasteiger partial charge in [0.2, 0.25) is 0 Å². The molecule has 2 aromatic heterocycles. The number of aryl methyl sites for hydroxylation is 2. The maximum Gasteiger partial charge on any atom is 0.300 e. The fraction of sp³-hybridized carbons (Fsp3) is 0.188. The standard InChI is InChI=1S/C16H13BrN4OS/c1-4-7-21-12-6-5-11(17)8-13(12)23-16(21)18-15(22)14-10(2)9-20(3)19-14/h1,5-6,8-9H,7H2,2-3H3. The van der Waals surface area contributed by atoms with E-state index >= 15 is 0 Å². The average Bonchev–Trinajstić information content (AvgIpc) is 2.99. The third kappa shape index (κ3) is 3.00. The molecule has 0 radical (unpaired) electrons. The van der Waals surface area contributed by atoms with Crippen LogP contribution in [0.25, 0.3) is 10.2 Å². The Morgan fingerprint density at radius 1 is 1.52 bits per heavy atom. The molecule has 0 saturated heterocycles. The van der Waals surface area contributed by atoms with E-state index in [1.807, 2.05) is 29.7 Å². The first-order chi connectivity index (χ1) is 11.0. The molecular weight excluding hydrogens is 376 g/mol. The molecule has 0 saturated carbocycles. The van der Waals surface area contributed by atoms with Crippen molar-refractivity contribution in [2.75, 3.05) is 0 Å². The lowest BCUT2D eigenvalue weighted by molar-refractivity contribution is 0.0992. The van der Waals surface area contributed by atoms with Gasteiger partial charge in [-0.1, -0.05) is 33.2 Å². The summed E-state index contributed by atoms with van der Waals surface area (Å²) in [6.45, 7) is 2.20. The molecule has 1 aromatic carbocycles. The van der Waals surface area contributed by atoms with Crippen LogP contribution in [0.3, 0.4) is 0 Å². The molecule has 0 aliphatic rings. The molecule has 7 heteroatoms. The van der Waals surface area contributed by atoms with Gasteiger partial charge in [-0.25, -0.2) is 0 Å². The van der Waals surface area contributed by atoms with E-state index in [2.05, 4.69) is 31.9 Å². The van der Waals surface area contributed by atoms with E-state index in [1.54, 1.807) is 17.9 Å².